The Morgan fingerprint density at radius 3 is 2.68 bits per heavy atom. The van der Waals surface area contributed by atoms with Crippen molar-refractivity contribution in [2.45, 2.75) is 6.92 Å². The number of benzene rings is 1. The molecular formula is C14H11Cl2N3. The Hall–Kier alpha value is -1.71. The molecule has 0 aliphatic carbocycles. The summed E-state index contributed by atoms with van der Waals surface area (Å²) in [6, 6.07) is 9.27. The molecule has 2 N–H and O–H groups in total. The van der Waals surface area contributed by atoms with Gasteiger partial charge in [-0.1, -0.05) is 29.3 Å². The zero-order valence-corrected chi connectivity index (χ0v) is 11.7. The number of aromatic nitrogens is 2. The fourth-order valence-corrected chi connectivity index (χ4v) is 2.58. The maximum atomic E-state index is 6.16. The molecule has 0 saturated carbocycles. The molecule has 0 unspecified atom stereocenters. The van der Waals surface area contributed by atoms with Crippen LogP contribution in [0.15, 0.2) is 36.5 Å². The van der Waals surface area contributed by atoms with Crippen LogP contribution in [-0.4, -0.2) is 9.38 Å². The molecule has 0 fully saturated rings. The largest absolute Gasteiger partial charge is 0.383 e. The van der Waals surface area contributed by atoms with Crippen LogP contribution in [0.4, 0.5) is 5.82 Å². The highest BCUT2D eigenvalue weighted by molar-refractivity contribution is 6.33. The highest BCUT2D eigenvalue weighted by Gasteiger charge is 2.14. The average Bonchev–Trinajstić information content (AvgIpc) is 2.69. The number of aryl methyl sites for hydroxylation is 1. The molecule has 3 nitrogen and oxygen atoms in total. The van der Waals surface area contributed by atoms with E-state index in [0.29, 0.717) is 21.5 Å². The molecule has 0 aliphatic rings. The van der Waals surface area contributed by atoms with E-state index in [1.165, 1.54) is 0 Å². The smallest absolute Gasteiger partial charge is 0.157 e. The summed E-state index contributed by atoms with van der Waals surface area (Å²) in [6.45, 7) is 1.98. The Kier molecular flexibility index (Phi) is 2.88. The van der Waals surface area contributed by atoms with E-state index in [1.807, 2.05) is 37.4 Å². The van der Waals surface area contributed by atoms with Crippen molar-refractivity contribution in [3.8, 4) is 11.3 Å². The lowest BCUT2D eigenvalue weighted by Crippen LogP contribution is -1.94. The summed E-state index contributed by atoms with van der Waals surface area (Å²) in [5, 5.41) is 1.27. The van der Waals surface area contributed by atoms with Gasteiger partial charge in [0.2, 0.25) is 0 Å². The van der Waals surface area contributed by atoms with Gasteiger partial charge in [-0.2, -0.15) is 0 Å². The highest BCUT2D eigenvalue weighted by atomic mass is 35.5. The molecule has 2 heterocycles. The van der Waals surface area contributed by atoms with E-state index >= 15 is 0 Å². The van der Waals surface area contributed by atoms with Crippen LogP contribution in [0.25, 0.3) is 16.9 Å². The van der Waals surface area contributed by atoms with E-state index < -0.39 is 0 Å². The first-order valence-corrected chi connectivity index (χ1v) is 6.52. The minimum Gasteiger partial charge on any atom is -0.383 e. The molecule has 0 radical (unpaired) electrons. The third kappa shape index (κ3) is 1.95. The van der Waals surface area contributed by atoms with Gasteiger partial charge in [-0.25, -0.2) is 4.98 Å². The van der Waals surface area contributed by atoms with Crippen LogP contribution in [0.5, 0.6) is 0 Å². The topological polar surface area (TPSA) is 43.3 Å². The van der Waals surface area contributed by atoms with E-state index in [9.17, 15) is 0 Å². The molecule has 0 atom stereocenters. The average molecular weight is 292 g/mol. The van der Waals surface area contributed by atoms with Crippen molar-refractivity contribution in [1.29, 1.82) is 0 Å². The molecule has 1 aromatic carbocycles. The lowest BCUT2D eigenvalue weighted by Gasteiger charge is -2.04. The van der Waals surface area contributed by atoms with Gasteiger partial charge in [-0.15, -0.1) is 0 Å². The van der Waals surface area contributed by atoms with Gasteiger partial charge in [0.1, 0.15) is 11.5 Å². The molecule has 0 aliphatic heterocycles. The molecular weight excluding hydrogens is 281 g/mol. The van der Waals surface area contributed by atoms with Gasteiger partial charge < -0.3 is 5.73 Å². The number of hydrogen-bond acceptors (Lipinski definition) is 2. The maximum absolute atomic E-state index is 6.16. The van der Waals surface area contributed by atoms with Crippen molar-refractivity contribution >= 4 is 34.7 Å². The second kappa shape index (κ2) is 4.44. The summed E-state index contributed by atoms with van der Waals surface area (Å²) in [6.07, 6.45) is 1.85. The molecule has 3 rings (SSSR count). The number of nitrogens with zero attached hydrogens (tertiary/aromatic N) is 2. The highest BCUT2D eigenvalue weighted by Crippen LogP contribution is 2.32. The van der Waals surface area contributed by atoms with Crippen molar-refractivity contribution in [3.63, 3.8) is 0 Å². The number of imidazole rings is 1. The van der Waals surface area contributed by atoms with Crippen molar-refractivity contribution in [2.24, 2.45) is 0 Å². The van der Waals surface area contributed by atoms with Crippen LogP contribution in [-0.2, 0) is 0 Å². The van der Waals surface area contributed by atoms with Gasteiger partial charge in [-0.05, 0) is 36.8 Å². The lowest BCUT2D eigenvalue weighted by molar-refractivity contribution is 1.20. The van der Waals surface area contributed by atoms with Crippen LogP contribution >= 0.6 is 23.2 Å². The molecule has 0 saturated heterocycles. The van der Waals surface area contributed by atoms with Gasteiger partial charge in [0.05, 0.1) is 5.02 Å². The summed E-state index contributed by atoms with van der Waals surface area (Å²) in [5.74, 6) is 0.572. The van der Waals surface area contributed by atoms with Gasteiger partial charge in [-0.3, -0.25) is 4.40 Å². The predicted octanol–water partition coefficient (Wildman–Crippen LogP) is 4.20. The van der Waals surface area contributed by atoms with E-state index in [4.69, 9.17) is 28.9 Å². The number of hydrogen-bond donors (Lipinski definition) is 1. The van der Waals surface area contributed by atoms with Crippen LogP contribution in [0.3, 0.4) is 0 Å². The van der Waals surface area contributed by atoms with E-state index in [2.05, 4.69) is 4.98 Å². The molecule has 0 bridgehead atoms. The quantitative estimate of drug-likeness (QED) is 0.730. The molecule has 2 aromatic heterocycles. The second-order valence-corrected chi connectivity index (χ2v) is 5.20. The minimum atomic E-state index is 0.572. The number of nitrogens with two attached hydrogens (primary N) is 1. The zero-order valence-electron chi connectivity index (χ0n) is 10.2. The molecule has 0 amide bonds. The summed E-state index contributed by atoms with van der Waals surface area (Å²) in [7, 11) is 0. The predicted molar refractivity (Wildman–Crippen MR) is 79.8 cm³/mol. The van der Waals surface area contributed by atoms with Crippen molar-refractivity contribution < 1.29 is 0 Å². The SMILES string of the molecule is Cc1cc(Cl)ccc1-c1nc2c(Cl)cccn2c1N. The number of halogens is 2. The normalized spacial score (nSPS) is 11.1. The van der Waals surface area contributed by atoms with Crippen LogP contribution in [0.2, 0.25) is 10.0 Å². The number of anilines is 1. The molecule has 3 aromatic rings. The van der Waals surface area contributed by atoms with Crippen molar-refractivity contribution in [3.05, 3.63) is 52.1 Å². The van der Waals surface area contributed by atoms with Gasteiger partial charge in [0.15, 0.2) is 5.65 Å². The molecule has 5 heteroatoms. The Morgan fingerprint density at radius 1 is 1.21 bits per heavy atom. The summed E-state index contributed by atoms with van der Waals surface area (Å²) >= 11 is 12.1. The Morgan fingerprint density at radius 2 is 2.00 bits per heavy atom. The van der Waals surface area contributed by atoms with E-state index in [1.54, 1.807) is 10.5 Å². The van der Waals surface area contributed by atoms with E-state index in [-0.39, 0.29) is 0 Å². The van der Waals surface area contributed by atoms with Crippen molar-refractivity contribution in [1.82, 2.24) is 9.38 Å². The third-order valence-corrected chi connectivity index (χ3v) is 3.61. The van der Waals surface area contributed by atoms with Crippen LogP contribution in [0, 0.1) is 6.92 Å². The molecule has 96 valence electrons. The number of rotatable bonds is 1. The van der Waals surface area contributed by atoms with Gasteiger partial charge in [0, 0.05) is 16.8 Å². The number of nitrogen functional groups attached to an aromatic ring is 1. The van der Waals surface area contributed by atoms with Crippen LogP contribution in [0.1, 0.15) is 5.56 Å². The third-order valence-electron chi connectivity index (χ3n) is 3.08. The Balaban J connectivity index is 2.31. The van der Waals surface area contributed by atoms with E-state index in [0.717, 1.165) is 16.8 Å². The molecule has 0 spiro atoms. The standard InChI is InChI=1S/C14H11Cl2N3/c1-8-7-9(15)4-5-10(8)12-13(17)19-6-2-3-11(16)14(19)18-12/h2-7H,17H2,1H3. The van der Waals surface area contributed by atoms with Gasteiger partial charge in [0.25, 0.3) is 0 Å². The first kappa shape index (κ1) is 12.3. The van der Waals surface area contributed by atoms with Crippen molar-refractivity contribution in [2.75, 3.05) is 5.73 Å². The number of pyridine rings is 1. The van der Waals surface area contributed by atoms with Crippen LogP contribution < -0.4 is 5.73 Å². The lowest BCUT2D eigenvalue weighted by atomic mass is 10.1. The second-order valence-electron chi connectivity index (χ2n) is 4.35. The summed E-state index contributed by atoms with van der Waals surface area (Å²) in [5.41, 5.74) is 9.52. The Bertz CT molecular complexity index is 778. The fraction of sp³-hybridized carbons (Fsp3) is 0.0714. The number of fused-ring (bicyclic) bond motifs is 1. The maximum Gasteiger partial charge on any atom is 0.157 e. The summed E-state index contributed by atoms with van der Waals surface area (Å²) < 4.78 is 1.78. The summed E-state index contributed by atoms with van der Waals surface area (Å²) in [4.78, 5) is 4.54. The Labute approximate surface area is 120 Å². The molecule has 19 heavy (non-hydrogen) atoms. The minimum absolute atomic E-state index is 0.572. The monoisotopic (exact) mass is 291 g/mol. The zero-order chi connectivity index (χ0) is 13.6. The fourth-order valence-electron chi connectivity index (χ4n) is 2.14. The first-order chi connectivity index (χ1) is 9.08. The first-order valence-electron chi connectivity index (χ1n) is 5.76. The van der Waals surface area contributed by atoms with Gasteiger partial charge >= 0.3 is 0 Å².